The summed E-state index contributed by atoms with van der Waals surface area (Å²) < 4.78 is 42.7. The van der Waals surface area contributed by atoms with Crippen molar-refractivity contribution >= 4 is 9.84 Å². The van der Waals surface area contributed by atoms with Crippen LogP contribution in [0.25, 0.3) is 11.4 Å². The average molecular weight is 410 g/mol. The van der Waals surface area contributed by atoms with E-state index in [1.54, 1.807) is 19.1 Å². The molecule has 0 saturated carbocycles. The Bertz CT molecular complexity index is 898. The molecule has 8 heteroatoms. The number of aromatic nitrogens is 2. The highest BCUT2D eigenvalue weighted by Crippen LogP contribution is 2.21. The van der Waals surface area contributed by atoms with E-state index in [4.69, 9.17) is 4.52 Å². The Labute approximate surface area is 166 Å². The summed E-state index contributed by atoms with van der Waals surface area (Å²) in [5, 5.41) is 3.96. The van der Waals surface area contributed by atoms with E-state index in [0.29, 0.717) is 35.0 Å². The molecule has 1 aliphatic rings. The summed E-state index contributed by atoms with van der Waals surface area (Å²) in [7, 11) is -2.89. The van der Waals surface area contributed by atoms with Gasteiger partial charge >= 0.3 is 0 Å². The minimum absolute atomic E-state index is 0.116. The predicted octanol–water partition coefficient (Wildman–Crippen LogP) is 3.41. The first kappa shape index (κ1) is 20.9. The predicted molar refractivity (Wildman–Crippen MR) is 106 cm³/mol. The highest BCUT2D eigenvalue weighted by atomic mass is 32.2. The molecule has 1 unspecified atom stereocenters. The van der Waals surface area contributed by atoms with Gasteiger partial charge in [-0.15, -0.1) is 0 Å². The third-order valence-electron chi connectivity index (χ3n) is 5.26. The molecule has 2 heterocycles. The van der Waals surface area contributed by atoms with Crippen LogP contribution in [0.1, 0.15) is 44.1 Å². The van der Waals surface area contributed by atoms with Crippen LogP contribution in [0.15, 0.2) is 22.7 Å². The van der Waals surface area contributed by atoms with Gasteiger partial charge in [-0.3, -0.25) is 4.90 Å². The molecular formula is C20H28FN3O3S. The molecule has 0 N–H and O–H groups in total. The maximum absolute atomic E-state index is 13.7. The van der Waals surface area contributed by atoms with Crippen molar-refractivity contribution in [1.82, 2.24) is 15.0 Å². The third-order valence-corrected chi connectivity index (χ3v) is 7.01. The fraction of sp³-hybridized carbons (Fsp3) is 0.600. The van der Waals surface area contributed by atoms with Crippen LogP contribution in [0.3, 0.4) is 0 Å². The van der Waals surface area contributed by atoms with Gasteiger partial charge in [0.15, 0.2) is 9.84 Å². The van der Waals surface area contributed by atoms with Crippen LogP contribution in [0, 0.1) is 12.7 Å². The Balaban J connectivity index is 1.57. The summed E-state index contributed by atoms with van der Waals surface area (Å²) in [4.78, 5) is 6.66. The van der Waals surface area contributed by atoms with E-state index >= 15 is 0 Å². The molecule has 1 aromatic heterocycles. The number of halogens is 1. The maximum atomic E-state index is 13.7. The largest absolute Gasteiger partial charge is 0.339 e. The molecule has 28 heavy (non-hydrogen) atoms. The van der Waals surface area contributed by atoms with Gasteiger partial charge in [-0.25, -0.2) is 12.8 Å². The molecule has 0 bridgehead atoms. The minimum atomic E-state index is -2.89. The first-order valence-electron chi connectivity index (χ1n) is 9.91. The van der Waals surface area contributed by atoms with Crippen molar-refractivity contribution in [1.29, 1.82) is 0 Å². The molecule has 0 spiro atoms. The van der Waals surface area contributed by atoms with E-state index in [0.717, 1.165) is 38.8 Å². The van der Waals surface area contributed by atoms with Crippen LogP contribution in [0.4, 0.5) is 4.39 Å². The van der Waals surface area contributed by atoms with Gasteiger partial charge in [-0.05, 0) is 50.9 Å². The number of benzene rings is 1. The number of aryl methyl sites for hydroxylation is 2. The normalized spacial score (nSPS) is 18.8. The molecule has 0 radical (unpaired) electrons. The number of nitrogens with zero attached hydrogens (tertiary/aromatic N) is 3. The lowest BCUT2D eigenvalue weighted by atomic mass is 10.1. The Morgan fingerprint density at radius 2 is 2.07 bits per heavy atom. The summed E-state index contributed by atoms with van der Waals surface area (Å²) in [6.45, 7) is 5.56. The van der Waals surface area contributed by atoms with Gasteiger partial charge in [0.2, 0.25) is 11.7 Å². The fourth-order valence-electron chi connectivity index (χ4n) is 3.54. The second-order valence-electron chi connectivity index (χ2n) is 7.53. The van der Waals surface area contributed by atoms with E-state index in [1.807, 2.05) is 0 Å². The van der Waals surface area contributed by atoms with Gasteiger partial charge in [0.1, 0.15) is 5.82 Å². The zero-order valence-electron chi connectivity index (χ0n) is 16.5. The van der Waals surface area contributed by atoms with Gasteiger partial charge in [0, 0.05) is 18.0 Å². The van der Waals surface area contributed by atoms with E-state index in [9.17, 15) is 12.8 Å². The highest BCUT2D eigenvalue weighted by molar-refractivity contribution is 7.91. The fourth-order valence-corrected chi connectivity index (χ4v) is 5.30. The number of hydrogen-bond acceptors (Lipinski definition) is 6. The van der Waals surface area contributed by atoms with Crippen molar-refractivity contribution in [2.24, 2.45) is 0 Å². The van der Waals surface area contributed by atoms with Gasteiger partial charge in [-0.2, -0.15) is 4.98 Å². The first-order valence-corrected chi connectivity index (χ1v) is 11.7. The molecule has 1 aliphatic heterocycles. The van der Waals surface area contributed by atoms with E-state index < -0.39 is 9.84 Å². The lowest BCUT2D eigenvalue weighted by Gasteiger charge is -2.27. The Hall–Kier alpha value is -1.80. The number of hydrogen-bond donors (Lipinski definition) is 0. The quantitative estimate of drug-likeness (QED) is 0.632. The van der Waals surface area contributed by atoms with Crippen LogP contribution in [-0.4, -0.2) is 54.1 Å². The van der Waals surface area contributed by atoms with E-state index in [-0.39, 0.29) is 17.6 Å². The Kier molecular flexibility index (Phi) is 6.82. The van der Waals surface area contributed by atoms with Crippen LogP contribution in [-0.2, 0) is 16.3 Å². The molecule has 0 amide bonds. The summed E-state index contributed by atoms with van der Waals surface area (Å²) >= 11 is 0. The summed E-state index contributed by atoms with van der Waals surface area (Å²) in [5.74, 6) is 1.17. The van der Waals surface area contributed by atoms with Crippen molar-refractivity contribution < 1.29 is 17.3 Å². The lowest BCUT2D eigenvalue weighted by molar-refractivity contribution is 0.204. The maximum Gasteiger partial charge on any atom is 0.227 e. The Morgan fingerprint density at radius 1 is 1.29 bits per heavy atom. The lowest BCUT2D eigenvalue weighted by Crippen LogP contribution is -2.37. The number of sulfone groups is 1. The molecule has 1 saturated heterocycles. The third kappa shape index (κ3) is 5.38. The monoisotopic (exact) mass is 409 g/mol. The van der Waals surface area contributed by atoms with Gasteiger partial charge in [0.05, 0.1) is 11.5 Å². The number of rotatable bonds is 9. The second-order valence-corrected chi connectivity index (χ2v) is 9.75. The molecule has 3 rings (SSSR count). The van der Waals surface area contributed by atoms with Gasteiger partial charge < -0.3 is 4.52 Å². The molecular weight excluding hydrogens is 381 g/mol. The zero-order valence-corrected chi connectivity index (χ0v) is 17.3. The van der Waals surface area contributed by atoms with Crippen LogP contribution in [0.2, 0.25) is 0 Å². The molecule has 1 fully saturated rings. The minimum Gasteiger partial charge on any atom is -0.339 e. The van der Waals surface area contributed by atoms with Crippen molar-refractivity contribution in [3.05, 3.63) is 35.5 Å². The van der Waals surface area contributed by atoms with Crippen LogP contribution < -0.4 is 0 Å². The highest BCUT2D eigenvalue weighted by Gasteiger charge is 2.31. The average Bonchev–Trinajstić information content (AvgIpc) is 3.26. The molecule has 1 atom stereocenters. The molecule has 1 aromatic carbocycles. The standard InChI is InChI=1S/C20H28FN3O3S/c1-3-4-10-24(17-9-12-28(25,26)14-17)11-5-6-19-22-20(23-27-19)16-8-7-15(2)18(21)13-16/h7-8,13,17H,3-6,9-12,14H2,1-2H3. The topological polar surface area (TPSA) is 76.3 Å². The number of unbranched alkanes of at least 4 members (excludes halogenated alkanes) is 1. The zero-order chi connectivity index (χ0) is 20.1. The van der Waals surface area contributed by atoms with Crippen LogP contribution in [0.5, 0.6) is 0 Å². The molecule has 154 valence electrons. The SMILES string of the molecule is CCCCN(CCCc1nc(-c2ccc(C)c(F)c2)no1)C1CCS(=O)(=O)C1. The Morgan fingerprint density at radius 3 is 2.75 bits per heavy atom. The summed E-state index contributed by atoms with van der Waals surface area (Å²) in [6, 6.07) is 5.00. The molecule has 2 aromatic rings. The summed E-state index contributed by atoms with van der Waals surface area (Å²) in [5.41, 5.74) is 1.17. The van der Waals surface area contributed by atoms with Gasteiger partial charge in [-0.1, -0.05) is 30.6 Å². The summed E-state index contributed by atoms with van der Waals surface area (Å²) in [6.07, 6.45) is 4.28. The first-order chi connectivity index (χ1) is 13.4. The van der Waals surface area contributed by atoms with E-state index in [2.05, 4.69) is 22.0 Å². The van der Waals surface area contributed by atoms with Crippen molar-refractivity contribution in [3.8, 4) is 11.4 Å². The smallest absolute Gasteiger partial charge is 0.227 e. The molecule has 0 aliphatic carbocycles. The van der Waals surface area contributed by atoms with Gasteiger partial charge in [0.25, 0.3) is 0 Å². The molecule has 6 nitrogen and oxygen atoms in total. The van der Waals surface area contributed by atoms with Crippen LogP contribution >= 0.6 is 0 Å². The van der Waals surface area contributed by atoms with E-state index in [1.165, 1.54) is 6.07 Å². The second kappa shape index (κ2) is 9.13. The van der Waals surface area contributed by atoms with Crippen molar-refractivity contribution in [2.75, 3.05) is 24.6 Å². The van der Waals surface area contributed by atoms with Crippen molar-refractivity contribution in [3.63, 3.8) is 0 Å². The van der Waals surface area contributed by atoms with Crippen molar-refractivity contribution in [2.45, 2.75) is 52.0 Å².